The molecular formula is C8H15FO2. The zero-order valence-electron chi connectivity index (χ0n) is 6.59. The van der Waals surface area contributed by atoms with Crippen molar-refractivity contribution in [3.8, 4) is 0 Å². The van der Waals surface area contributed by atoms with E-state index in [9.17, 15) is 4.39 Å². The van der Waals surface area contributed by atoms with Crippen LogP contribution in [0.4, 0.5) is 4.39 Å². The lowest BCUT2D eigenvalue weighted by Crippen LogP contribution is -2.27. The zero-order chi connectivity index (χ0) is 8.74. The Hall–Kier alpha value is -0.410. The highest BCUT2D eigenvalue weighted by molar-refractivity contribution is 4.86. The molecule has 66 valence electrons. The van der Waals surface area contributed by atoms with Crippen LogP contribution in [0.25, 0.3) is 0 Å². The summed E-state index contributed by atoms with van der Waals surface area (Å²) in [6, 6.07) is 0. The SMILES string of the molecule is C=CC[C@@](F)(CO)CCCO. The van der Waals surface area contributed by atoms with Gasteiger partial charge in [-0.05, 0) is 12.8 Å². The van der Waals surface area contributed by atoms with E-state index in [1.54, 1.807) is 0 Å². The molecule has 0 aromatic rings. The molecule has 0 aromatic heterocycles. The Morgan fingerprint density at radius 3 is 2.45 bits per heavy atom. The topological polar surface area (TPSA) is 40.5 Å². The summed E-state index contributed by atoms with van der Waals surface area (Å²) in [5.74, 6) is 0. The second-order valence-electron chi connectivity index (χ2n) is 2.63. The van der Waals surface area contributed by atoms with Crippen LogP contribution >= 0.6 is 0 Å². The van der Waals surface area contributed by atoms with Crippen molar-refractivity contribution in [3.05, 3.63) is 12.7 Å². The van der Waals surface area contributed by atoms with Gasteiger partial charge in [-0.25, -0.2) is 4.39 Å². The summed E-state index contributed by atoms with van der Waals surface area (Å²) in [5, 5.41) is 17.1. The molecule has 0 radical (unpaired) electrons. The maximum Gasteiger partial charge on any atom is 0.137 e. The van der Waals surface area contributed by atoms with Crippen LogP contribution in [0.2, 0.25) is 0 Å². The largest absolute Gasteiger partial charge is 0.396 e. The molecule has 11 heavy (non-hydrogen) atoms. The highest BCUT2D eigenvalue weighted by Gasteiger charge is 2.25. The van der Waals surface area contributed by atoms with Gasteiger partial charge >= 0.3 is 0 Å². The Morgan fingerprint density at radius 2 is 2.09 bits per heavy atom. The standard InChI is InChI=1S/C8H15FO2/c1-2-4-8(9,7-11)5-3-6-10/h2,10-11H,1,3-7H2/t8-/m0/s1. The molecule has 0 aliphatic heterocycles. The van der Waals surface area contributed by atoms with Gasteiger partial charge < -0.3 is 10.2 Å². The average Bonchev–Trinajstić information content (AvgIpc) is 2.02. The predicted octanol–water partition coefficient (Wildman–Crippen LogP) is 1.04. The number of alkyl halides is 1. The van der Waals surface area contributed by atoms with Crippen molar-refractivity contribution < 1.29 is 14.6 Å². The molecule has 0 heterocycles. The minimum Gasteiger partial charge on any atom is -0.396 e. The molecule has 0 unspecified atom stereocenters. The summed E-state index contributed by atoms with van der Waals surface area (Å²) >= 11 is 0. The predicted molar refractivity (Wildman–Crippen MR) is 42.1 cm³/mol. The van der Waals surface area contributed by atoms with Gasteiger partial charge in [-0.2, -0.15) is 0 Å². The van der Waals surface area contributed by atoms with Crippen LogP contribution in [0.15, 0.2) is 12.7 Å². The van der Waals surface area contributed by atoms with Gasteiger partial charge in [0.25, 0.3) is 0 Å². The summed E-state index contributed by atoms with van der Waals surface area (Å²) in [6.45, 7) is 2.85. The van der Waals surface area contributed by atoms with Crippen molar-refractivity contribution in [2.45, 2.75) is 24.9 Å². The summed E-state index contributed by atoms with van der Waals surface area (Å²) in [7, 11) is 0. The number of aliphatic hydroxyl groups excluding tert-OH is 2. The molecule has 0 rings (SSSR count). The fraction of sp³-hybridized carbons (Fsp3) is 0.750. The smallest absolute Gasteiger partial charge is 0.137 e. The van der Waals surface area contributed by atoms with Crippen molar-refractivity contribution in [3.63, 3.8) is 0 Å². The average molecular weight is 162 g/mol. The zero-order valence-corrected chi connectivity index (χ0v) is 6.59. The quantitative estimate of drug-likeness (QED) is 0.573. The first-order valence-corrected chi connectivity index (χ1v) is 3.70. The fourth-order valence-electron chi connectivity index (χ4n) is 0.900. The van der Waals surface area contributed by atoms with Gasteiger partial charge in [-0.1, -0.05) is 6.08 Å². The van der Waals surface area contributed by atoms with Crippen LogP contribution in [-0.2, 0) is 0 Å². The van der Waals surface area contributed by atoms with Crippen LogP contribution < -0.4 is 0 Å². The van der Waals surface area contributed by atoms with Gasteiger partial charge in [0.05, 0.1) is 6.61 Å². The van der Waals surface area contributed by atoms with Crippen LogP contribution in [0.1, 0.15) is 19.3 Å². The van der Waals surface area contributed by atoms with Crippen molar-refractivity contribution in [2.75, 3.05) is 13.2 Å². The lowest BCUT2D eigenvalue weighted by molar-refractivity contribution is 0.0584. The van der Waals surface area contributed by atoms with Crippen molar-refractivity contribution in [2.24, 2.45) is 0 Å². The second-order valence-corrected chi connectivity index (χ2v) is 2.63. The van der Waals surface area contributed by atoms with E-state index in [4.69, 9.17) is 10.2 Å². The van der Waals surface area contributed by atoms with Crippen molar-refractivity contribution >= 4 is 0 Å². The van der Waals surface area contributed by atoms with Gasteiger partial charge in [0, 0.05) is 13.0 Å². The molecular weight excluding hydrogens is 147 g/mol. The van der Waals surface area contributed by atoms with E-state index in [0.29, 0.717) is 6.42 Å². The van der Waals surface area contributed by atoms with E-state index in [0.717, 1.165) is 0 Å². The first-order valence-electron chi connectivity index (χ1n) is 3.70. The van der Waals surface area contributed by atoms with Crippen LogP contribution in [0.3, 0.4) is 0 Å². The second kappa shape index (κ2) is 5.27. The Labute approximate surface area is 66.4 Å². The molecule has 0 amide bonds. The number of halogens is 1. The molecule has 0 fully saturated rings. The molecule has 2 nitrogen and oxygen atoms in total. The lowest BCUT2D eigenvalue weighted by Gasteiger charge is -2.20. The molecule has 0 spiro atoms. The highest BCUT2D eigenvalue weighted by atomic mass is 19.1. The van der Waals surface area contributed by atoms with Gasteiger partial charge in [-0.15, -0.1) is 6.58 Å². The van der Waals surface area contributed by atoms with Gasteiger partial charge in [-0.3, -0.25) is 0 Å². The molecule has 3 heteroatoms. The van der Waals surface area contributed by atoms with E-state index in [1.807, 2.05) is 0 Å². The Kier molecular flexibility index (Phi) is 5.07. The minimum absolute atomic E-state index is 0.0389. The number of hydrogen-bond donors (Lipinski definition) is 2. The highest BCUT2D eigenvalue weighted by Crippen LogP contribution is 2.22. The summed E-state index contributed by atoms with van der Waals surface area (Å²) in [4.78, 5) is 0. The third-order valence-electron chi connectivity index (χ3n) is 1.58. The number of allylic oxidation sites excluding steroid dienone is 1. The summed E-state index contributed by atoms with van der Waals surface area (Å²) in [6.07, 6.45) is 2.15. The maximum absolute atomic E-state index is 13.3. The molecule has 0 saturated heterocycles. The summed E-state index contributed by atoms with van der Waals surface area (Å²) < 4.78 is 13.3. The van der Waals surface area contributed by atoms with Crippen LogP contribution in [0, 0.1) is 0 Å². The molecule has 2 N–H and O–H groups in total. The Morgan fingerprint density at radius 1 is 1.45 bits per heavy atom. The Bertz CT molecular complexity index is 117. The van der Waals surface area contributed by atoms with E-state index >= 15 is 0 Å². The monoisotopic (exact) mass is 162 g/mol. The first-order chi connectivity index (χ1) is 5.18. The van der Waals surface area contributed by atoms with Gasteiger partial charge in [0.15, 0.2) is 0 Å². The van der Waals surface area contributed by atoms with E-state index in [-0.39, 0.29) is 19.4 Å². The number of aliphatic hydroxyl groups is 2. The molecule has 0 aliphatic rings. The van der Waals surface area contributed by atoms with Gasteiger partial charge in [0.1, 0.15) is 5.67 Å². The summed E-state index contributed by atoms with van der Waals surface area (Å²) in [5.41, 5.74) is -1.58. The van der Waals surface area contributed by atoms with E-state index in [1.165, 1.54) is 6.08 Å². The lowest BCUT2D eigenvalue weighted by atomic mass is 9.97. The maximum atomic E-state index is 13.3. The number of rotatable bonds is 6. The van der Waals surface area contributed by atoms with E-state index < -0.39 is 12.3 Å². The van der Waals surface area contributed by atoms with Gasteiger partial charge in [0.2, 0.25) is 0 Å². The first kappa shape index (κ1) is 10.6. The molecule has 1 atom stereocenters. The third kappa shape index (κ3) is 4.11. The third-order valence-corrected chi connectivity index (χ3v) is 1.58. The molecule has 0 aromatic carbocycles. The normalized spacial score (nSPS) is 15.9. The molecule has 0 aliphatic carbocycles. The van der Waals surface area contributed by atoms with Crippen LogP contribution in [0.5, 0.6) is 0 Å². The minimum atomic E-state index is -1.58. The van der Waals surface area contributed by atoms with Crippen molar-refractivity contribution in [1.82, 2.24) is 0 Å². The fourth-order valence-corrected chi connectivity index (χ4v) is 0.900. The van der Waals surface area contributed by atoms with Crippen LogP contribution in [-0.4, -0.2) is 29.1 Å². The number of hydrogen-bond acceptors (Lipinski definition) is 2. The van der Waals surface area contributed by atoms with E-state index in [2.05, 4.69) is 6.58 Å². The molecule has 0 saturated carbocycles. The molecule has 0 bridgehead atoms. The Balaban J connectivity index is 3.77. The van der Waals surface area contributed by atoms with Crippen molar-refractivity contribution in [1.29, 1.82) is 0 Å².